The van der Waals surface area contributed by atoms with Crippen molar-refractivity contribution in [1.82, 2.24) is 0 Å². The molecular formula is C20H35ClN2. The van der Waals surface area contributed by atoms with E-state index in [0.717, 1.165) is 35.5 Å². The van der Waals surface area contributed by atoms with Gasteiger partial charge in [-0.05, 0) is 113 Å². The fraction of sp³-hybridized carbons (Fsp3) is 1.00. The Bertz CT molecular complexity index is 348. The van der Waals surface area contributed by atoms with Crippen LogP contribution in [0.1, 0.15) is 77.0 Å². The molecule has 0 atom stereocenters. The zero-order valence-electron chi connectivity index (χ0n) is 14.5. The molecule has 0 heterocycles. The zero-order chi connectivity index (χ0) is 14.9. The van der Waals surface area contributed by atoms with Gasteiger partial charge in [-0.1, -0.05) is 0 Å². The molecule has 8 fully saturated rings. The Hall–Kier alpha value is 0.210. The van der Waals surface area contributed by atoms with E-state index in [1.165, 1.54) is 77.0 Å². The van der Waals surface area contributed by atoms with Gasteiger partial charge in [0.15, 0.2) is 0 Å². The van der Waals surface area contributed by atoms with Crippen molar-refractivity contribution in [2.75, 3.05) is 0 Å². The van der Waals surface area contributed by atoms with Gasteiger partial charge in [-0.3, -0.25) is 0 Å². The number of hydrogen-bond acceptors (Lipinski definition) is 2. The molecule has 8 saturated carbocycles. The first-order valence-corrected chi connectivity index (χ1v) is 10.0. The van der Waals surface area contributed by atoms with Crippen LogP contribution in [-0.4, -0.2) is 11.1 Å². The van der Waals surface area contributed by atoms with E-state index in [0.29, 0.717) is 11.1 Å². The van der Waals surface area contributed by atoms with Gasteiger partial charge in [-0.15, -0.1) is 12.4 Å². The normalized spacial score (nSPS) is 57.7. The second kappa shape index (κ2) is 5.61. The summed E-state index contributed by atoms with van der Waals surface area (Å²) in [7, 11) is 0. The molecule has 8 rings (SSSR count). The van der Waals surface area contributed by atoms with E-state index in [2.05, 4.69) is 0 Å². The van der Waals surface area contributed by atoms with Crippen molar-refractivity contribution in [3.63, 3.8) is 0 Å². The lowest BCUT2D eigenvalue weighted by molar-refractivity contribution is 0.000167. The Balaban J connectivity index is 0.000000113. The molecule has 132 valence electrons. The van der Waals surface area contributed by atoms with Gasteiger partial charge < -0.3 is 11.5 Å². The predicted molar refractivity (Wildman–Crippen MR) is 97.4 cm³/mol. The van der Waals surface area contributed by atoms with Crippen molar-refractivity contribution in [2.24, 2.45) is 47.0 Å². The van der Waals surface area contributed by atoms with Gasteiger partial charge in [0.2, 0.25) is 0 Å². The minimum Gasteiger partial charge on any atom is -0.325 e. The van der Waals surface area contributed by atoms with Crippen LogP contribution < -0.4 is 11.5 Å². The first-order valence-electron chi connectivity index (χ1n) is 10.0. The second-order valence-corrected chi connectivity index (χ2v) is 10.6. The molecule has 8 aliphatic carbocycles. The molecule has 0 aromatic rings. The molecule has 0 amide bonds. The number of halogens is 1. The molecule has 0 spiro atoms. The molecule has 8 bridgehead atoms. The third-order valence-corrected chi connectivity index (χ3v) is 8.17. The quantitative estimate of drug-likeness (QED) is 0.693. The van der Waals surface area contributed by atoms with E-state index in [9.17, 15) is 0 Å². The van der Waals surface area contributed by atoms with Crippen LogP contribution in [0, 0.1) is 35.5 Å². The van der Waals surface area contributed by atoms with Crippen LogP contribution in [0.15, 0.2) is 0 Å². The van der Waals surface area contributed by atoms with Crippen molar-refractivity contribution in [3.8, 4) is 0 Å². The molecule has 4 N–H and O–H groups in total. The van der Waals surface area contributed by atoms with Crippen LogP contribution in [0.3, 0.4) is 0 Å². The van der Waals surface area contributed by atoms with Crippen LogP contribution in [0.25, 0.3) is 0 Å². The number of nitrogens with two attached hydrogens (primary N) is 2. The lowest BCUT2D eigenvalue weighted by atomic mass is 9.53. The standard InChI is InChI=1S/2C10H17N.ClH/c2*11-10-4-7-1-8(5-10)3-9(2-7)6-10;/h2*7-9H,1-6,11H2;1H. The van der Waals surface area contributed by atoms with E-state index in [1.54, 1.807) is 0 Å². The molecule has 0 aromatic carbocycles. The van der Waals surface area contributed by atoms with E-state index in [1.807, 2.05) is 0 Å². The molecule has 8 aliphatic rings. The first kappa shape index (κ1) is 16.7. The highest BCUT2D eigenvalue weighted by Gasteiger charge is 2.49. The van der Waals surface area contributed by atoms with Crippen LogP contribution >= 0.6 is 12.4 Å². The monoisotopic (exact) mass is 338 g/mol. The molecule has 0 unspecified atom stereocenters. The fourth-order valence-electron chi connectivity index (χ4n) is 8.36. The van der Waals surface area contributed by atoms with E-state index >= 15 is 0 Å². The summed E-state index contributed by atoms with van der Waals surface area (Å²) in [6, 6.07) is 0. The average Bonchev–Trinajstić information content (AvgIpc) is 2.32. The van der Waals surface area contributed by atoms with Gasteiger partial charge in [-0.25, -0.2) is 0 Å². The van der Waals surface area contributed by atoms with Crippen LogP contribution in [-0.2, 0) is 0 Å². The van der Waals surface area contributed by atoms with Gasteiger partial charge in [0.05, 0.1) is 0 Å². The highest BCUT2D eigenvalue weighted by atomic mass is 35.5. The first-order chi connectivity index (χ1) is 10.5. The van der Waals surface area contributed by atoms with Crippen molar-refractivity contribution in [2.45, 2.75) is 88.1 Å². The average molecular weight is 339 g/mol. The lowest BCUT2D eigenvalue weighted by Crippen LogP contribution is -2.55. The maximum Gasteiger partial charge on any atom is 0.0162 e. The van der Waals surface area contributed by atoms with Crippen LogP contribution in [0.4, 0.5) is 0 Å². The molecule has 2 nitrogen and oxygen atoms in total. The van der Waals surface area contributed by atoms with Gasteiger partial charge >= 0.3 is 0 Å². The SMILES string of the molecule is Cl.NC12CC3CC(CC(C3)C1)C2.NC12CC3CC(CC(C3)C1)C2. The van der Waals surface area contributed by atoms with Crippen LogP contribution in [0.5, 0.6) is 0 Å². The van der Waals surface area contributed by atoms with Crippen molar-refractivity contribution < 1.29 is 0 Å². The Morgan fingerprint density at radius 3 is 0.739 bits per heavy atom. The molecule has 0 radical (unpaired) electrons. The Morgan fingerprint density at radius 2 is 0.609 bits per heavy atom. The fourth-order valence-corrected chi connectivity index (χ4v) is 8.36. The van der Waals surface area contributed by atoms with Crippen molar-refractivity contribution in [1.29, 1.82) is 0 Å². The van der Waals surface area contributed by atoms with Gasteiger partial charge in [0, 0.05) is 11.1 Å². The van der Waals surface area contributed by atoms with Gasteiger partial charge in [0.1, 0.15) is 0 Å². The third kappa shape index (κ3) is 3.09. The third-order valence-electron chi connectivity index (χ3n) is 8.17. The summed E-state index contributed by atoms with van der Waals surface area (Å²) < 4.78 is 0. The maximum atomic E-state index is 6.32. The van der Waals surface area contributed by atoms with Gasteiger partial charge in [-0.2, -0.15) is 0 Å². The highest BCUT2D eigenvalue weighted by Crippen LogP contribution is 2.55. The Labute approximate surface area is 147 Å². The Morgan fingerprint density at radius 1 is 0.435 bits per heavy atom. The summed E-state index contributed by atoms with van der Waals surface area (Å²) in [4.78, 5) is 0. The van der Waals surface area contributed by atoms with Gasteiger partial charge in [0.25, 0.3) is 0 Å². The summed E-state index contributed by atoms with van der Waals surface area (Å²) in [6.07, 6.45) is 17.1. The zero-order valence-corrected chi connectivity index (χ0v) is 15.3. The van der Waals surface area contributed by atoms with Crippen molar-refractivity contribution >= 4 is 12.4 Å². The molecule has 0 saturated heterocycles. The predicted octanol–water partition coefficient (Wildman–Crippen LogP) is 4.25. The maximum absolute atomic E-state index is 6.32. The second-order valence-electron chi connectivity index (χ2n) is 10.6. The number of rotatable bonds is 0. The molecule has 0 aliphatic heterocycles. The number of hydrogen-bond donors (Lipinski definition) is 2. The lowest BCUT2D eigenvalue weighted by Gasteiger charge is -2.55. The summed E-state index contributed by atoms with van der Waals surface area (Å²) in [6.45, 7) is 0. The summed E-state index contributed by atoms with van der Waals surface area (Å²) in [5.41, 5.74) is 13.2. The molecule has 3 heteroatoms. The molecule has 23 heavy (non-hydrogen) atoms. The topological polar surface area (TPSA) is 52.0 Å². The van der Waals surface area contributed by atoms with Crippen LogP contribution in [0.2, 0.25) is 0 Å². The Kier molecular flexibility index (Phi) is 4.06. The van der Waals surface area contributed by atoms with E-state index in [4.69, 9.17) is 11.5 Å². The van der Waals surface area contributed by atoms with Crippen molar-refractivity contribution in [3.05, 3.63) is 0 Å². The molecular weight excluding hydrogens is 304 g/mol. The highest BCUT2D eigenvalue weighted by molar-refractivity contribution is 5.85. The summed E-state index contributed by atoms with van der Waals surface area (Å²) in [5.74, 6) is 6.12. The summed E-state index contributed by atoms with van der Waals surface area (Å²) >= 11 is 0. The smallest absolute Gasteiger partial charge is 0.0162 e. The van der Waals surface area contributed by atoms with E-state index in [-0.39, 0.29) is 12.4 Å². The minimum absolute atomic E-state index is 0. The molecule has 0 aromatic heterocycles. The largest absolute Gasteiger partial charge is 0.325 e. The minimum atomic E-state index is 0. The summed E-state index contributed by atoms with van der Waals surface area (Å²) in [5, 5.41) is 0. The van der Waals surface area contributed by atoms with E-state index < -0.39 is 0 Å².